The van der Waals surface area contributed by atoms with Gasteiger partial charge in [-0.3, -0.25) is 10.1 Å². The van der Waals surface area contributed by atoms with Gasteiger partial charge in [-0.2, -0.15) is 4.31 Å². The number of hydrogen-bond acceptors (Lipinski definition) is 5. The summed E-state index contributed by atoms with van der Waals surface area (Å²) in [5.74, 6) is -0.355. The molecule has 0 fully saturated rings. The molecule has 29 heavy (non-hydrogen) atoms. The lowest BCUT2D eigenvalue weighted by Gasteiger charge is -2.18. The first kappa shape index (κ1) is 22.4. The van der Waals surface area contributed by atoms with E-state index in [1.165, 1.54) is 16.4 Å². The number of nitrogens with one attached hydrogen (secondary N) is 2. The van der Waals surface area contributed by atoms with Crippen LogP contribution in [0.15, 0.2) is 53.4 Å². The van der Waals surface area contributed by atoms with Gasteiger partial charge in [0.15, 0.2) is 0 Å². The van der Waals surface area contributed by atoms with Crippen molar-refractivity contribution in [2.45, 2.75) is 25.7 Å². The first-order chi connectivity index (χ1) is 13.8. The summed E-state index contributed by atoms with van der Waals surface area (Å²) in [5.41, 5.74) is 1.37. The van der Waals surface area contributed by atoms with E-state index >= 15 is 0 Å². The zero-order valence-electron chi connectivity index (χ0n) is 16.6. The van der Waals surface area contributed by atoms with Gasteiger partial charge in [-0.05, 0) is 55.5 Å². The van der Waals surface area contributed by atoms with E-state index in [1.807, 2.05) is 0 Å². The standard InChI is InChI=1S/C20H25N3O5S/c1-4-23(5-2)29(26,27)18-13-11-16(12-14-18)21-19(24)15-7-9-17(10-8-15)22-20(25)28-6-3/h7-14H,4-6H2,1-3H3,(H,21,24)(H,22,25). The van der Waals surface area contributed by atoms with Crippen molar-refractivity contribution < 1.29 is 22.7 Å². The highest BCUT2D eigenvalue weighted by Crippen LogP contribution is 2.19. The number of amides is 2. The van der Waals surface area contributed by atoms with Crippen LogP contribution in [-0.4, -0.2) is 44.4 Å². The van der Waals surface area contributed by atoms with Crippen LogP contribution in [0.25, 0.3) is 0 Å². The molecule has 2 aromatic rings. The van der Waals surface area contributed by atoms with Gasteiger partial charge in [-0.25, -0.2) is 13.2 Å². The highest BCUT2D eigenvalue weighted by molar-refractivity contribution is 7.89. The minimum absolute atomic E-state index is 0.175. The third-order valence-electron chi connectivity index (χ3n) is 4.12. The lowest BCUT2D eigenvalue weighted by atomic mass is 10.2. The summed E-state index contributed by atoms with van der Waals surface area (Å²) in [7, 11) is -3.54. The van der Waals surface area contributed by atoms with Gasteiger partial charge in [0.25, 0.3) is 5.91 Å². The maximum absolute atomic E-state index is 12.5. The minimum atomic E-state index is -3.54. The molecular formula is C20H25N3O5S. The molecule has 0 bridgehead atoms. The molecule has 2 amide bonds. The fraction of sp³-hybridized carbons (Fsp3) is 0.300. The molecule has 2 aromatic carbocycles. The lowest BCUT2D eigenvalue weighted by Crippen LogP contribution is -2.30. The number of sulfonamides is 1. The number of ether oxygens (including phenoxy) is 1. The molecule has 0 aromatic heterocycles. The van der Waals surface area contributed by atoms with Crippen molar-refractivity contribution in [3.05, 3.63) is 54.1 Å². The fourth-order valence-electron chi connectivity index (χ4n) is 2.62. The Labute approximate surface area is 170 Å². The number of rotatable bonds is 8. The Balaban J connectivity index is 2.05. The van der Waals surface area contributed by atoms with Crippen LogP contribution in [0.5, 0.6) is 0 Å². The van der Waals surface area contributed by atoms with Gasteiger partial charge in [0.1, 0.15) is 0 Å². The Morgan fingerprint density at radius 1 is 0.862 bits per heavy atom. The number of anilines is 2. The highest BCUT2D eigenvalue weighted by Gasteiger charge is 2.21. The molecule has 0 aliphatic carbocycles. The molecule has 2 rings (SSSR count). The largest absolute Gasteiger partial charge is 0.450 e. The van der Waals surface area contributed by atoms with E-state index in [0.717, 1.165) is 0 Å². The predicted octanol–water partition coefficient (Wildman–Crippen LogP) is 3.54. The van der Waals surface area contributed by atoms with Crippen LogP contribution in [-0.2, 0) is 14.8 Å². The van der Waals surface area contributed by atoms with Crippen molar-refractivity contribution in [1.29, 1.82) is 0 Å². The summed E-state index contributed by atoms with van der Waals surface area (Å²) in [4.78, 5) is 24.0. The van der Waals surface area contributed by atoms with E-state index in [0.29, 0.717) is 30.0 Å². The van der Waals surface area contributed by atoms with Crippen LogP contribution in [0.2, 0.25) is 0 Å². The average molecular weight is 420 g/mol. The summed E-state index contributed by atoms with van der Waals surface area (Å²) >= 11 is 0. The summed E-state index contributed by atoms with van der Waals surface area (Å²) in [6.07, 6.45) is -0.565. The molecular weight excluding hydrogens is 394 g/mol. The second-order valence-electron chi connectivity index (χ2n) is 5.99. The first-order valence-electron chi connectivity index (χ1n) is 9.27. The maximum atomic E-state index is 12.5. The molecule has 156 valence electrons. The quantitative estimate of drug-likeness (QED) is 0.681. The van der Waals surface area contributed by atoms with Gasteiger partial charge < -0.3 is 10.1 Å². The van der Waals surface area contributed by atoms with Crippen LogP contribution in [0.1, 0.15) is 31.1 Å². The summed E-state index contributed by atoms with van der Waals surface area (Å²) < 4.78 is 31.2. The third kappa shape index (κ3) is 5.78. The van der Waals surface area contributed by atoms with E-state index in [2.05, 4.69) is 10.6 Å². The van der Waals surface area contributed by atoms with Crippen LogP contribution >= 0.6 is 0 Å². The summed E-state index contributed by atoms with van der Waals surface area (Å²) in [6.45, 7) is 6.31. The van der Waals surface area contributed by atoms with Crippen LogP contribution < -0.4 is 10.6 Å². The van der Waals surface area contributed by atoms with Gasteiger partial charge in [-0.1, -0.05) is 13.8 Å². The predicted molar refractivity (Wildman–Crippen MR) is 112 cm³/mol. The van der Waals surface area contributed by atoms with Gasteiger partial charge in [0.05, 0.1) is 11.5 Å². The molecule has 0 spiro atoms. The topological polar surface area (TPSA) is 105 Å². The second kappa shape index (κ2) is 10.0. The van der Waals surface area contributed by atoms with Crippen molar-refractivity contribution in [2.24, 2.45) is 0 Å². The Morgan fingerprint density at radius 3 is 1.90 bits per heavy atom. The molecule has 2 N–H and O–H groups in total. The van der Waals surface area contributed by atoms with Crippen LogP contribution in [0, 0.1) is 0 Å². The number of carbonyl (C=O) groups is 2. The molecule has 0 atom stereocenters. The number of hydrogen-bond donors (Lipinski definition) is 2. The monoisotopic (exact) mass is 419 g/mol. The van der Waals surface area contributed by atoms with E-state index < -0.39 is 16.1 Å². The van der Waals surface area contributed by atoms with Crippen molar-refractivity contribution >= 4 is 33.4 Å². The smallest absolute Gasteiger partial charge is 0.411 e. The number of benzene rings is 2. The van der Waals surface area contributed by atoms with E-state index in [9.17, 15) is 18.0 Å². The molecule has 0 aliphatic heterocycles. The fourth-order valence-corrected chi connectivity index (χ4v) is 4.07. The maximum Gasteiger partial charge on any atom is 0.411 e. The van der Waals surface area contributed by atoms with Gasteiger partial charge in [0, 0.05) is 30.0 Å². The Bertz CT molecular complexity index is 937. The Kier molecular flexibility index (Phi) is 7.74. The SMILES string of the molecule is CCOC(=O)Nc1ccc(C(=O)Nc2ccc(S(=O)(=O)N(CC)CC)cc2)cc1. The molecule has 9 heteroatoms. The first-order valence-corrected chi connectivity index (χ1v) is 10.7. The highest BCUT2D eigenvalue weighted by atomic mass is 32.2. The normalized spacial score (nSPS) is 11.2. The zero-order chi connectivity index (χ0) is 21.4. The van der Waals surface area contributed by atoms with Crippen molar-refractivity contribution in [1.82, 2.24) is 4.31 Å². The number of nitrogens with zero attached hydrogens (tertiary/aromatic N) is 1. The second-order valence-corrected chi connectivity index (χ2v) is 7.93. The van der Waals surface area contributed by atoms with Gasteiger partial charge in [-0.15, -0.1) is 0 Å². The molecule has 0 saturated carbocycles. The zero-order valence-corrected chi connectivity index (χ0v) is 17.5. The summed E-state index contributed by atoms with van der Waals surface area (Å²) in [6, 6.07) is 12.3. The Morgan fingerprint density at radius 2 is 1.38 bits per heavy atom. The van der Waals surface area contributed by atoms with Gasteiger partial charge in [0.2, 0.25) is 10.0 Å². The van der Waals surface area contributed by atoms with Crippen molar-refractivity contribution in [3.63, 3.8) is 0 Å². The Hall–Kier alpha value is -2.91. The van der Waals surface area contributed by atoms with Crippen molar-refractivity contribution in [2.75, 3.05) is 30.3 Å². The molecule has 0 saturated heterocycles. The molecule has 0 aliphatic rings. The van der Waals surface area contributed by atoms with Gasteiger partial charge >= 0.3 is 6.09 Å². The van der Waals surface area contributed by atoms with E-state index in [-0.39, 0.29) is 17.4 Å². The third-order valence-corrected chi connectivity index (χ3v) is 6.19. The minimum Gasteiger partial charge on any atom is -0.450 e. The van der Waals surface area contributed by atoms with Crippen LogP contribution in [0.4, 0.5) is 16.2 Å². The molecule has 0 radical (unpaired) electrons. The summed E-state index contributed by atoms with van der Waals surface area (Å²) in [5, 5.41) is 5.26. The lowest BCUT2D eigenvalue weighted by molar-refractivity contribution is 0.102. The van der Waals surface area contributed by atoms with E-state index in [4.69, 9.17) is 4.74 Å². The van der Waals surface area contributed by atoms with Crippen LogP contribution in [0.3, 0.4) is 0 Å². The molecule has 8 nitrogen and oxygen atoms in total. The van der Waals surface area contributed by atoms with Crippen molar-refractivity contribution in [3.8, 4) is 0 Å². The number of carbonyl (C=O) groups excluding carboxylic acids is 2. The average Bonchev–Trinajstić information content (AvgIpc) is 2.70. The molecule has 0 heterocycles. The molecule has 0 unspecified atom stereocenters. The van der Waals surface area contributed by atoms with E-state index in [1.54, 1.807) is 57.2 Å².